The third kappa shape index (κ3) is 3.68. The normalized spacial score (nSPS) is 13.7. The van der Waals surface area contributed by atoms with E-state index >= 15 is 0 Å². The van der Waals surface area contributed by atoms with Crippen LogP contribution in [0.1, 0.15) is 35.6 Å². The molecule has 3 aromatic heterocycles. The molecule has 1 aliphatic carbocycles. The molecule has 0 atom stereocenters. The Kier molecular flexibility index (Phi) is 4.75. The van der Waals surface area contributed by atoms with Gasteiger partial charge in [-0.15, -0.1) is 0 Å². The summed E-state index contributed by atoms with van der Waals surface area (Å²) in [7, 11) is 0. The number of hydrogen-bond acceptors (Lipinski definition) is 4. The second-order valence-corrected chi connectivity index (χ2v) is 8.09. The molecular weight excluding hydrogens is 400 g/mol. The number of fused-ring (bicyclic) bond motifs is 1. The van der Waals surface area contributed by atoms with Crippen molar-refractivity contribution in [2.45, 2.75) is 38.8 Å². The lowest BCUT2D eigenvalue weighted by atomic mass is 10.1. The SMILES string of the molecule is Cc1nn(CC(=O)Nc2cnn(Cc3ccccc3Cl)c2)c2nccc(C3CC3)c12. The van der Waals surface area contributed by atoms with Crippen molar-refractivity contribution >= 4 is 34.2 Å². The van der Waals surface area contributed by atoms with Gasteiger partial charge in [0.2, 0.25) is 5.91 Å². The summed E-state index contributed by atoms with van der Waals surface area (Å²) in [6.45, 7) is 2.61. The second kappa shape index (κ2) is 7.57. The molecule has 0 aliphatic heterocycles. The highest BCUT2D eigenvalue weighted by Crippen LogP contribution is 2.43. The maximum atomic E-state index is 12.6. The number of carbonyl (C=O) groups is 1. The van der Waals surface area contributed by atoms with Crippen LogP contribution in [0.5, 0.6) is 0 Å². The van der Waals surface area contributed by atoms with Crippen LogP contribution in [0.3, 0.4) is 0 Å². The van der Waals surface area contributed by atoms with Gasteiger partial charge in [0.25, 0.3) is 0 Å². The highest BCUT2D eigenvalue weighted by Gasteiger charge is 2.27. The molecule has 1 saturated carbocycles. The molecule has 4 aromatic rings. The quantitative estimate of drug-likeness (QED) is 0.508. The van der Waals surface area contributed by atoms with Crippen molar-refractivity contribution in [2.24, 2.45) is 0 Å². The molecule has 152 valence electrons. The molecule has 5 rings (SSSR count). The summed E-state index contributed by atoms with van der Waals surface area (Å²) < 4.78 is 3.42. The Bertz CT molecular complexity index is 1240. The second-order valence-electron chi connectivity index (χ2n) is 7.68. The number of aryl methyl sites for hydroxylation is 1. The summed E-state index contributed by atoms with van der Waals surface area (Å²) in [5.74, 6) is 0.431. The highest BCUT2D eigenvalue weighted by molar-refractivity contribution is 6.31. The van der Waals surface area contributed by atoms with Gasteiger partial charge in [-0.25, -0.2) is 9.67 Å². The van der Waals surface area contributed by atoms with Crippen molar-refractivity contribution in [3.8, 4) is 0 Å². The smallest absolute Gasteiger partial charge is 0.246 e. The predicted molar refractivity (Wildman–Crippen MR) is 116 cm³/mol. The fourth-order valence-corrected chi connectivity index (χ4v) is 4.00. The van der Waals surface area contributed by atoms with Crippen LogP contribution in [0.15, 0.2) is 48.9 Å². The maximum Gasteiger partial charge on any atom is 0.246 e. The first-order valence-electron chi connectivity index (χ1n) is 9.96. The topological polar surface area (TPSA) is 77.6 Å². The summed E-state index contributed by atoms with van der Waals surface area (Å²) in [6.07, 6.45) is 7.65. The number of benzene rings is 1. The van der Waals surface area contributed by atoms with E-state index in [-0.39, 0.29) is 12.5 Å². The van der Waals surface area contributed by atoms with Gasteiger partial charge < -0.3 is 5.32 Å². The molecule has 0 bridgehead atoms. The average molecular weight is 421 g/mol. The number of aromatic nitrogens is 5. The van der Waals surface area contributed by atoms with E-state index in [9.17, 15) is 4.79 Å². The van der Waals surface area contributed by atoms with Gasteiger partial charge in [-0.1, -0.05) is 29.8 Å². The van der Waals surface area contributed by atoms with Gasteiger partial charge in [-0.3, -0.25) is 9.48 Å². The minimum absolute atomic E-state index is 0.0984. The fourth-order valence-electron chi connectivity index (χ4n) is 3.81. The molecule has 0 saturated heterocycles. The number of amides is 1. The number of pyridine rings is 1. The summed E-state index contributed by atoms with van der Waals surface area (Å²) >= 11 is 6.21. The van der Waals surface area contributed by atoms with Crippen molar-refractivity contribution < 1.29 is 4.79 Å². The third-order valence-corrected chi connectivity index (χ3v) is 5.73. The van der Waals surface area contributed by atoms with Crippen LogP contribution >= 0.6 is 11.6 Å². The zero-order valence-corrected chi connectivity index (χ0v) is 17.3. The first kappa shape index (κ1) is 18.8. The summed E-state index contributed by atoms with van der Waals surface area (Å²) in [4.78, 5) is 17.1. The van der Waals surface area contributed by atoms with Crippen LogP contribution in [0.2, 0.25) is 5.02 Å². The molecule has 8 heteroatoms. The van der Waals surface area contributed by atoms with Crippen molar-refractivity contribution in [3.05, 3.63) is 70.8 Å². The molecule has 0 unspecified atom stereocenters. The number of halogens is 1. The molecule has 1 aromatic carbocycles. The number of nitrogens with one attached hydrogen (secondary N) is 1. The molecule has 1 aliphatic rings. The van der Waals surface area contributed by atoms with Crippen LogP contribution in [0.4, 0.5) is 5.69 Å². The Labute approximate surface area is 178 Å². The van der Waals surface area contributed by atoms with Gasteiger partial charge in [0.15, 0.2) is 5.65 Å². The molecule has 0 spiro atoms. The Morgan fingerprint density at radius 3 is 2.90 bits per heavy atom. The zero-order chi connectivity index (χ0) is 20.7. The van der Waals surface area contributed by atoms with Gasteiger partial charge in [0.05, 0.1) is 24.1 Å². The largest absolute Gasteiger partial charge is 0.322 e. The van der Waals surface area contributed by atoms with E-state index in [1.54, 1.807) is 21.8 Å². The Hall–Kier alpha value is -3.19. The highest BCUT2D eigenvalue weighted by atomic mass is 35.5. The van der Waals surface area contributed by atoms with Crippen LogP contribution in [-0.4, -0.2) is 30.5 Å². The van der Waals surface area contributed by atoms with Gasteiger partial charge in [0, 0.05) is 22.8 Å². The number of hydrogen-bond donors (Lipinski definition) is 1. The third-order valence-electron chi connectivity index (χ3n) is 5.36. The van der Waals surface area contributed by atoms with Crippen molar-refractivity contribution in [1.29, 1.82) is 0 Å². The average Bonchev–Trinajstić information content (AvgIpc) is 3.41. The van der Waals surface area contributed by atoms with Crippen molar-refractivity contribution in [3.63, 3.8) is 0 Å². The molecule has 3 heterocycles. The molecule has 1 N–H and O–H groups in total. The van der Waals surface area contributed by atoms with E-state index in [0.717, 1.165) is 22.3 Å². The van der Waals surface area contributed by atoms with Crippen LogP contribution in [0, 0.1) is 6.92 Å². The molecular formula is C22H21ClN6O. The molecule has 0 radical (unpaired) electrons. The molecule has 1 fully saturated rings. The number of nitrogens with zero attached hydrogens (tertiary/aromatic N) is 5. The summed E-state index contributed by atoms with van der Waals surface area (Å²) in [5, 5.41) is 13.6. The van der Waals surface area contributed by atoms with E-state index < -0.39 is 0 Å². The minimum Gasteiger partial charge on any atom is -0.322 e. The first-order valence-corrected chi connectivity index (χ1v) is 10.3. The van der Waals surface area contributed by atoms with Crippen LogP contribution in [0.25, 0.3) is 11.0 Å². The number of anilines is 1. The molecule has 30 heavy (non-hydrogen) atoms. The monoisotopic (exact) mass is 420 g/mol. The van der Waals surface area contributed by atoms with Crippen molar-refractivity contribution in [2.75, 3.05) is 5.32 Å². The van der Waals surface area contributed by atoms with Gasteiger partial charge in [0.1, 0.15) is 6.54 Å². The number of rotatable bonds is 6. The zero-order valence-electron chi connectivity index (χ0n) is 16.5. The number of carbonyl (C=O) groups excluding carboxylic acids is 1. The van der Waals surface area contributed by atoms with E-state index in [4.69, 9.17) is 11.6 Å². The molecule has 7 nitrogen and oxygen atoms in total. The van der Waals surface area contributed by atoms with Crippen molar-refractivity contribution in [1.82, 2.24) is 24.5 Å². The van der Waals surface area contributed by atoms with Gasteiger partial charge in [-0.2, -0.15) is 10.2 Å². The van der Waals surface area contributed by atoms with Gasteiger partial charge >= 0.3 is 0 Å². The standard InChI is InChI=1S/C22H21ClN6O/c1-14-21-18(15-6-7-15)8-9-24-22(21)29(27-14)13-20(30)26-17-10-25-28(12-17)11-16-4-2-3-5-19(16)23/h2-5,8-10,12,15H,6-7,11,13H2,1H3,(H,26,30). The lowest BCUT2D eigenvalue weighted by molar-refractivity contribution is -0.116. The lowest BCUT2D eigenvalue weighted by Gasteiger charge is -2.05. The Morgan fingerprint density at radius 1 is 1.27 bits per heavy atom. The Balaban J connectivity index is 1.30. The van der Waals surface area contributed by atoms with E-state index in [1.807, 2.05) is 37.4 Å². The van der Waals surface area contributed by atoms with E-state index in [2.05, 4.69) is 26.6 Å². The lowest BCUT2D eigenvalue weighted by Crippen LogP contribution is -2.19. The Morgan fingerprint density at radius 2 is 2.10 bits per heavy atom. The predicted octanol–water partition coefficient (Wildman–Crippen LogP) is 4.15. The van der Waals surface area contributed by atoms with Crippen LogP contribution < -0.4 is 5.32 Å². The minimum atomic E-state index is -0.171. The van der Waals surface area contributed by atoms with Crippen LogP contribution in [-0.2, 0) is 17.9 Å². The fraction of sp³-hybridized carbons (Fsp3) is 0.273. The first-order chi connectivity index (χ1) is 14.6. The van der Waals surface area contributed by atoms with E-state index in [1.165, 1.54) is 18.4 Å². The maximum absolute atomic E-state index is 12.6. The van der Waals surface area contributed by atoms with Gasteiger partial charge in [-0.05, 0) is 48.9 Å². The molecule has 1 amide bonds. The summed E-state index contributed by atoms with van der Waals surface area (Å²) in [6, 6.07) is 9.71. The van der Waals surface area contributed by atoms with E-state index in [0.29, 0.717) is 23.2 Å². The summed E-state index contributed by atoms with van der Waals surface area (Å²) in [5.41, 5.74) is 4.58.